The van der Waals surface area contributed by atoms with Crippen LogP contribution in [0.2, 0.25) is 0 Å². The summed E-state index contributed by atoms with van der Waals surface area (Å²) in [6.07, 6.45) is 2.59. The molecule has 0 aromatic heterocycles. The molecule has 2 saturated heterocycles. The van der Waals surface area contributed by atoms with Gasteiger partial charge in [0.15, 0.2) is 0 Å². The van der Waals surface area contributed by atoms with Crippen LogP contribution in [0.5, 0.6) is 5.75 Å². The second-order valence-corrected chi connectivity index (χ2v) is 6.87. The van der Waals surface area contributed by atoms with Crippen LogP contribution in [-0.4, -0.2) is 54.2 Å². The lowest BCUT2D eigenvalue weighted by atomic mass is 10.2. The van der Waals surface area contributed by atoms with Gasteiger partial charge in [-0.25, -0.2) is 0 Å². The lowest BCUT2D eigenvalue weighted by molar-refractivity contribution is -0.128. The molecule has 0 spiro atoms. The van der Waals surface area contributed by atoms with Crippen LogP contribution in [0.15, 0.2) is 24.3 Å². The molecule has 0 radical (unpaired) electrons. The van der Waals surface area contributed by atoms with E-state index in [4.69, 9.17) is 4.74 Å². The van der Waals surface area contributed by atoms with Gasteiger partial charge in [0.25, 0.3) is 0 Å². The molecule has 2 heterocycles. The highest BCUT2D eigenvalue weighted by molar-refractivity contribution is 8.00. The molecule has 1 amide bonds. The summed E-state index contributed by atoms with van der Waals surface area (Å²) in [4.78, 5) is 16.7. The van der Waals surface area contributed by atoms with E-state index in [-0.39, 0.29) is 11.3 Å². The fraction of sp³-hybridized carbons (Fsp3) is 0.588. The van der Waals surface area contributed by atoms with Gasteiger partial charge in [-0.2, -0.15) is 0 Å². The van der Waals surface area contributed by atoms with Crippen LogP contribution in [0.25, 0.3) is 0 Å². The van der Waals surface area contributed by atoms with Crippen molar-refractivity contribution < 1.29 is 9.53 Å². The molecule has 0 N–H and O–H groups in total. The van der Waals surface area contributed by atoms with E-state index < -0.39 is 0 Å². The van der Waals surface area contributed by atoms with Crippen molar-refractivity contribution >= 4 is 17.7 Å². The molecule has 3 rings (SSSR count). The van der Waals surface area contributed by atoms with E-state index >= 15 is 0 Å². The molecule has 1 aromatic carbocycles. The number of nitrogens with zero attached hydrogens (tertiary/aromatic N) is 2. The maximum absolute atomic E-state index is 12.2. The smallest absolute Gasteiger partial charge is 0.233 e. The van der Waals surface area contributed by atoms with Crippen molar-refractivity contribution in [1.29, 1.82) is 0 Å². The molecule has 0 saturated carbocycles. The average molecular weight is 320 g/mol. The first-order valence-electron chi connectivity index (χ1n) is 8.14. The maximum atomic E-state index is 12.2. The van der Waals surface area contributed by atoms with Crippen molar-refractivity contribution in [2.45, 2.75) is 25.1 Å². The van der Waals surface area contributed by atoms with E-state index in [1.165, 1.54) is 31.5 Å². The van der Waals surface area contributed by atoms with Gasteiger partial charge < -0.3 is 14.5 Å². The first-order valence-corrected chi connectivity index (χ1v) is 9.19. The molecule has 1 unspecified atom stereocenters. The SMILES string of the molecule is CCOc1cccc(C2SCC(=O)N2CCN2CCCC2)c1. The van der Waals surface area contributed by atoms with Gasteiger partial charge in [-0.05, 0) is 50.6 Å². The molecule has 22 heavy (non-hydrogen) atoms. The summed E-state index contributed by atoms with van der Waals surface area (Å²) >= 11 is 1.72. The van der Waals surface area contributed by atoms with E-state index in [0.717, 1.165) is 18.8 Å². The topological polar surface area (TPSA) is 32.8 Å². The summed E-state index contributed by atoms with van der Waals surface area (Å²) in [5.74, 6) is 1.74. The van der Waals surface area contributed by atoms with Crippen LogP contribution >= 0.6 is 11.8 Å². The number of ether oxygens (including phenoxy) is 1. The predicted molar refractivity (Wildman–Crippen MR) is 90.2 cm³/mol. The van der Waals surface area contributed by atoms with Crippen LogP contribution < -0.4 is 4.74 Å². The zero-order valence-corrected chi connectivity index (χ0v) is 14.0. The van der Waals surface area contributed by atoms with Crippen molar-refractivity contribution in [3.8, 4) is 5.75 Å². The number of carbonyl (C=O) groups is 1. The monoisotopic (exact) mass is 320 g/mol. The summed E-state index contributed by atoms with van der Waals surface area (Å²) in [7, 11) is 0. The van der Waals surface area contributed by atoms with Crippen molar-refractivity contribution in [1.82, 2.24) is 9.80 Å². The fourth-order valence-electron chi connectivity index (χ4n) is 3.15. The van der Waals surface area contributed by atoms with E-state index in [1.807, 2.05) is 24.0 Å². The van der Waals surface area contributed by atoms with Crippen molar-refractivity contribution in [3.63, 3.8) is 0 Å². The highest BCUT2D eigenvalue weighted by atomic mass is 32.2. The van der Waals surface area contributed by atoms with Crippen molar-refractivity contribution in [2.24, 2.45) is 0 Å². The number of hydrogen-bond acceptors (Lipinski definition) is 4. The number of benzene rings is 1. The molecule has 0 bridgehead atoms. The normalized spacial score (nSPS) is 22.5. The fourth-order valence-corrected chi connectivity index (χ4v) is 4.36. The Labute approximate surface area is 136 Å². The van der Waals surface area contributed by atoms with Gasteiger partial charge in [0.1, 0.15) is 11.1 Å². The highest BCUT2D eigenvalue weighted by Gasteiger charge is 2.33. The Morgan fingerprint density at radius 2 is 2.09 bits per heavy atom. The quantitative estimate of drug-likeness (QED) is 0.807. The summed E-state index contributed by atoms with van der Waals surface area (Å²) in [6, 6.07) is 8.16. The van der Waals surface area contributed by atoms with Crippen LogP contribution in [0, 0.1) is 0 Å². The second-order valence-electron chi connectivity index (χ2n) is 5.80. The number of carbonyl (C=O) groups excluding carboxylic acids is 1. The van der Waals surface area contributed by atoms with Gasteiger partial charge in [0, 0.05) is 13.1 Å². The first-order chi connectivity index (χ1) is 10.8. The molecule has 2 fully saturated rings. The Bertz CT molecular complexity index is 517. The number of thioether (sulfide) groups is 1. The highest BCUT2D eigenvalue weighted by Crippen LogP contribution is 2.39. The molecule has 4 nitrogen and oxygen atoms in total. The Balaban J connectivity index is 1.67. The minimum Gasteiger partial charge on any atom is -0.494 e. The molecule has 2 aliphatic rings. The van der Waals surface area contributed by atoms with Gasteiger partial charge >= 0.3 is 0 Å². The third-order valence-corrected chi connectivity index (χ3v) is 5.53. The minimum absolute atomic E-state index is 0.135. The largest absolute Gasteiger partial charge is 0.494 e. The third kappa shape index (κ3) is 3.58. The molecule has 5 heteroatoms. The van der Waals surface area contributed by atoms with Crippen LogP contribution in [0.4, 0.5) is 0 Å². The third-order valence-electron chi connectivity index (χ3n) is 4.28. The lowest BCUT2D eigenvalue weighted by Crippen LogP contribution is -2.36. The van der Waals surface area contributed by atoms with E-state index in [2.05, 4.69) is 17.0 Å². The first kappa shape index (κ1) is 15.7. The summed E-state index contributed by atoms with van der Waals surface area (Å²) in [6.45, 7) is 6.84. The molecular formula is C17H24N2O2S. The molecule has 0 aliphatic carbocycles. The molecule has 120 valence electrons. The maximum Gasteiger partial charge on any atom is 0.233 e. The Morgan fingerprint density at radius 3 is 2.86 bits per heavy atom. The van der Waals surface area contributed by atoms with Crippen LogP contribution in [-0.2, 0) is 4.79 Å². The summed E-state index contributed by atoms with van der Waals surface area (Å²) in [5, 5.41) is 0.135. The molecule has 1 aromatic rings. The summed E-state index contributed by atoms with van der Waals surface area (Å²) in [5.41, 5.74) is 1.17. The van der Waals surface area contributed by atoms with Gasteiger partial charge in [-0.1, -0.05) is 12.1 Å². The zero-order valence-electron chi connectivity index (χ0n) is 13.2. The van der Waals surface area contributed by atoms with Crippen LogP contribution in [0.1, 0.15) is 30.7 Å². The minimum atomic E-state index is 0.135. The Morgan fingerprint density at radius 1 is 1.27 bits per heavy atom. The van der Waals surface area contributed by atoms with E-state index in [0.29, 0.717) is 12.4 Å². The van der Waals surface area contributed by atoms with Crippen LogP contribution in [0.3, 0.4) is 0 Å². The number of likely N-dealkylation sites (tertiary alicyclic amines) is 1. The van der Waals surface area contributed by atoms with Gasteiger partial charge in [0.05, 0.1) is 12.4 Å². The average Bonchev–Trinajstić information content (AvgIpc) is 3.15. The van der Waals surface area contributed by atoms with Gasteiger partial charge in [0.2, 0.25) is 5.91 Å². The second kappa shape index (κ2) is 7.38. The van der Waals surface area contributed by atoms with E-state index in [1.54, 1.807) is 11.8 Å². The molecular weight excluding hydrogens is 296 g/mol. The Kier molecular flexibility index (Phi) is 5.26. The number of rotatable bonds is 6. The van der Waals surface area contributed by atoms with E-state index in [9.17, 15) is 4.79 Å². The van der Waals surface area contributed by atoms with Crippen molar-refractivity contribution in [3.05, 3.63) is 29.8 Å². The standard InChI is InChI=1S/C17H24N2O2S/c1-2-21-15-7-5-6-14(12-15)17-19(16(20)13-22-17)11-10-18-8-3-4-9-18/h5-7,12,17H,2-4,8-11,13H2,1H3. The lowest BCUT2D eigenvalue weighted by Gasteiger charge is -2.26. The van der Waals surface area contributed by atoms with Crippen molar-refractivity contribution in [2.75, 3.05) is 38.5 Å². The Hall–Kier alpha value is -1.20. The number of amides is 1. The van der Waals surface area contributed by atoms with Gasteiger partial charge in [-0.3, -0.25) is 4.79 Å². The molecule has 2 aliphatic heterocycles. The predicted octanol–water partition coefficient (Wildman–Crippen LogP) is 2.76. The molecule has 1 atom stereocenters. The number of hydrogen-bond donors (Lipinski definition) is 0. The summed E-state index contributed by atoms with van der Waals surface area (Å²) < 4.78 is 5.59. The zero-order chi connectivity index (χ0) is 15.4. The van der Waals surface area contributed by atoms with Gasteiger partial charge in [-0.15, -0.1) is 11.8 Å².